The van der Waals surface area contributed by atoms with E-state index in [4.69, 9.17) is 5.73 Å². The topological polar surface area (TPSA) is 258 Å². The van der Waals surface area contributed by atoms with E-state index in [0.29, 0.717) is 16.9 Å². The van der Waals surface area contributed by atoms with Crippen molar-refractivity contribution in [2.75, 3.05) is 30.1 Å². The molecule has 2 rings (SSSR count). The van der Waals surface area contributed by atoms with E-state index < -0.39 is 90.1 Å². The van der Waals surface area contributed by atoms with Crippen molar-refractivity contribution in [3.8, 4) is 5.75 Å². The number of thiol groups is 2. The van der Waals surface area contributed by atoms with Crippen molar-refractivity contribution in [3.63, 3.8) is 0 Å². The average Bonchev–Trinajstić information content (AvgIpc) is 3.16. The van der Waals surface area contributed by atoms with Crippen LogP contribution in [0.25, 0.3) is 0 Å². The monoisotopic (exact) mass is 821 g/mol. The Bertz CT molecular complexity index is 1600. The standard InChI is InChI=1S/C36H51N7O9S3/c1-20(2)30(43-33(48)25(13-14-55-3)40-31(46)24(37)18-53)35(50)42-27(16-22-9-11-23(44)12-10-22)34(49)41-26(15-21-7-5-4-6-8-21)32(47)38-17-29(45)39-28(19-54)36(51)52/h4-12,20,24-28,30,44,53-54H,13-19,37H2,1-3H3,(H,38,47)(H,39,45)(H,40,46)(H,41,49)(H,42,50)(H,43,48)(H,51,52)/t24-,25-,26-,27-,28-,30-/m0/s1. The average molecular weight is 822 g/mol. The van der Waals surface area contributed by atoms with Crippen molar-refractivity contribution in [2.24, 2.45) is 11.7 Å². The van der Waals surface area contributed by atoms with Crippen molar-refractivity contribution in [3.05, 3.63) is 65.7 Å². The summed E-state index contributed by atoms with van der Waals surface area (Å²) in [6.45, 7) is 2.79. The molecule has 0 saturated heterocycles. The SMILES string of the molecule is CSCC[C@H](NC(=O)[C@@H](N)CS)C(=O)N[C@H](C(=O)N[C@@H](Cc1ccc(O)cc1)C(=O)N[C@@H](Cc1ccccc1)C(=O)NCC(=O)N[C@@H](CS)C(=O)O)C(C)C. The van der Waals surface area contributed by atoms with Gasteiger partial charge in [-0.2, -0.15) is 37.0 Å². The molecule has 2 aromatic carbocycles. The molecule has 0 spiro atoms. The number of carbonyl (C=O) groups is 7. The molecule has 0 aliphatic carbocycles. The zero-order valence-corrected chi connectivity index (χ0v) is 33.4. The Morgan fingerprint density at radius 2 is 1.24 bits per heavy atom. The number of carboxylic acid groups (broad SMARTS) is 1. The molecule has 6 amide bonds. The Morgan fingerprint density at radius 3 is 1.78 bits per heavy atom. The molecule has 0 aliphatic heterocycles. The van der Waals surface area contributed by atoms with Gasteiger partial charge < -0.3 is 47.8 Å². The summed E-state index contributed by atoms with van der Waals surface area (Å²) in [7, 11) is 0. The molecule has 0 aliphatic rings. The lowest BCUT2D eigenvalue weighted by Crippen LogP contribution is -2.60. The number of nitrogens with two attached hydrogens (primary N) is 1. The van der Waals surface area contributed by atoms with E-state index in [1.807, 2.05) is 6.26 Å². The molecule has 55 heavy (non-hydrogen) atoms. The minimum Gasteiger partial charge on any atom is -0.508 e. The third-order valence-corrected chi connectivity index (χ3v) is 9.59. The number of hydrogen-bond acceptors (Lipinski definition) is 12. The Labute approximate surface area is 335 Å². The number of nitrogens with one attached hydrogen (secondary N) is 6. The molecule has 0 fully saturated rings. The summed E-state index contributed by atoms with van der Waals surface area (Å²) in [6.07, 6.45) is 1.98. The van der Waals surface area contributed by atoms with Crippen LogP contribution >= 0.6 is 37.0 Å². The fourth-order valence-electron chi connectivity index (χ4n) is 5.05. The van der Waals surface area contributed by atoms with Gasteiger partial charge in [-0.05, 0) is 47.6 Å². The molecule has 0 aromatic heterocycles. The number of thioether (sulfide) groups is 1. The lowest BCUT2D eigenvalue weighted by molar-refractivity contribution is -0.141. The van der Waals surface area contributed by atoms with Crippen LogP contribution in [0.5, 0.6) is 5.75 Å². The molecule has 302 valence electrons. The number of carbonyl (C=O) groups excluding carboxylic acids is 6. The molecule has 0 unspecified atom stereocenters. The van der Waals surface area contributed by atoms with Gasteiger partial charge >= 0.3 is 5.97 Å². The van der Waals surface area contributed by atoms with Gasteiger partial charge in [0, 0.05) is 24.3 Å². The number of amides is 6. The van der Waals surface area contributed by atoms with Crippen LogP contribution in [-0.4, -0.2) is 118 Å². The summed E-state index contributed by atoms with van der Waals surface area (Å²) in [4.78, 5) is 91.2. The van der Waals surface area contributed by atoms with Gasteiger partial charge in [0.15, 0.2) is 0 Å². The van der Waals surface area contributed by atoms with Crippen LogP contribution in [0.2, 0.25) is 0 Å². The van der Waals surface area contributed by atoms with Crippen molar-refractivity contribution in [1.82, 2.24) is 31.9 Å². The van der Waals surface area contributed by atoms with E-state index in [0.717, 1.165) is 0 Å². The Balaban J connectivity index is 2.37. The second-order valence-corrected chi connectivity index (χ2v) is 14.6. The molecule has 0 saturated carbocycles. The highest BCUT2D eigenvalue weighted by Gasteiger charge is 2.33. The summed E-state index contributed by atoms with van der Waals surface area (Å²) < 4.78 is 0. The summed E-state index contributed by atoms with van der Waals surface area (Å²) >= 11 is 9.42. The van der Waals surface area contributed by atoms with Gasteiger partial charge in [0.05, 0.1) is 12.6 Å². The largest absolute Gasteiger partial charge is 0.508 e. The lowest BCUT2D eigenvalue weighted by Gasteiger charge is -2.28. The molecule has 16 nitrogen and oxygen atoms in total. The van der Waals surface area contributed by atoms with Crippen molar-refractivity contribution < 1.29 is 43.8 Å². The fourth-order valence-corrected chi connectivity index (χ4v) is 5.93. The Kier molecular flexibility index (Phi) is 20.5. The van der Waals surface area contributed by atoms with Crippen molar-refractivity contribution in [2.45, 2.75) is 69.4 Å². The van der Waals surface area contributed by atoms with Crippen LogP contribution in [0, 0.1) is 5.92 Å². The van der Waals surface area contributed by atoms with E-state index in [1.54, 1.807) is 56.3 Å². The smallest absolute Gasteiger partial charge is 0.327 e. The first-order valence-electron chi connectivity index (χ1n) is 17.4. The van der Waals surface area contributed by atoms with Gasteiger partial charge in [0.1, 0.15) is 36.0 Å². The number of phenolic OH excluding ortho intramolecular Hbond substituents is 1. The number of aliphatic carboxylic acids is 1. The minimum absolute atomic E-state index is 0.0149. The zero-order chi connectivity index (χ0) is 41.1. The molecule has 10 N–H and O–H groups in total. The molecule has 6 atom stereocenters. The molecule has 2 aromatic rings. The summed E-state index contributed by atoms with van der Waals surface area (Å²) in [5, 5.41) is 34.4. The van der Waals surface area contributed by atoms with Gasteiger partial charge in [-0.3, -0.25) is 28.8 Å². The fraction of sp³-hybridized carbons (Fsp3) is 0.472. The highest BCUT2D eigenvalue weighted by atomic mass is 32.2. The van der Waals surface area contributed by atoms with E-state index in [2.05, 4.69) is 57.2 Å². The van der Waals surface area contributed by atoms with Gasteiger partial charge in [-0.15, -0.1) is 0 Å². The first kappa shape index (κ1) is 46.7. The van der Waals surface area contributed by atoms with E-state index in [-0.39, 0.29) is 36.5 Å². The van der Waals surface area contributed by atoms with Crippen LogP contribution in [0.15, 0.2) is 54.6 Å². The Hall–Kier alpha value is -4.46. The quantitative estimate of drug-likeness (QED) is 0.0631. The van der Waals surface area contributed by atoms with Gasteiger partial charge in [0.25, 0.3) is 0 Å². The van der Waals surface area contributed by atoms with Crippen LogP contribution in [0.4, 0.5) is 0 Å². The number of phenols is 1. The van der Waals surface area contributed by atoms with E-state index in [9.17, 15) is 43.8 Å². The number of benzene rings is 2. The second-order valence-electron chi connectivity index (χ2n) is 12.9. The predicted molar refractivity (Wildman–Crippen MR) is 216 cm³/mol. The second kappa shape index (κ2) is 24.1. The molecule has 0 heterocycles. The summed E-state index contributed by atoms with van der Waals surface area (Å²) in [5.74, 6) is -5.68. The molecular formula is C36H51N7O9S3. The Morgan fingerprint density at radius 1 is 0.691 bits per heavy atom. The third-order valence-electron chi connectivity index (χ3n) is 8.19. The van der Waals surface area contributed by atoms with E-state index >= 15 is 0 Å². The zero-order valence-electron chi connectivity index (χ0n) is 30.8. The molecule has 0 radical (unpaired) electrons. The molecule has 19 heteroatoms. The maximum absolute atomic E-state index is 14.0. The summed E-state index contributed by atoms with van der Waals surface area (Å²) in [5.41, 5.74) is 7.00. The highest BCUT2D eigenvalue weighted by Crippen LogP contribution is 2.13. The first-order chi connectivity index (χ1) is 26.1. The minimum atomic E-state index is -1.31. The van der Waals surface area contributed by atoms with Gasteiger partial charge in [-0.1, -0.05) is 56.3 Å². The highest BCUT2D eigenvalue weighted by molar-refractivity contribution is 7.98. The number of aromatic hydroxyl groups is 1. The van der Waals surface area contributed by atoms with Crippen LogP contribution in [0.3, 0.4) is 0 Å². The number of hydrogen-bond donors (Lipinski definition) is 11. The third kappa shape index (κ3) is 16.4. The van der Waals surface area contributed by atoms with E-state index in [1.165, 1.54) is 23.9 Å². The maximum Gasteiger partial charge on any atom is 0.327 e. The van der Waals surface area contributed by atoms with Crippen molar-refractivity contribution >= 4 is 78.4 Å². The van der Waals surface area contributed by atoms with Gasteiger partial charge in [-0.25, -0.2) is 4.79 Å². The van der Waals surface area contributed by atoms with Crippen molar-refractivity contribution in [1.29, 1.82) is 0 Å². The lowest BCUT2D eigenvalue weighted by atomic mass is 9.99. The number of carboxylic acids is 1. The predicted octanol–water partition coefficient (Wildman–Crippen LogP) is -0.602. The maximum atomic E-state index is 14.0. The normalized spacial score (nSPS) is 14.2. The van der Waals surface area contributed by atoms with Gasteiger partial charge in [0.2, 0.25) is 35.4 Å². The molecular weight excluding hydrogens is 771 g/mol. The summed E-state index contributed by atoms with van der Waals surface area (Å²) in [6, 6.07) is 7.66. The first-order valence-corrected chi connectivity index (χ1v) is 20.0. The number of rotatable bonds is 23. The van der Waals surface area contributed by atoms with Crippen LogP contribution in [0.1, 0.15) is 31.4 Å². The van der Waals surface area contributed by atoms with Crippen LogP contribution < -0.4 is 37.6 Å². The van der Waals surface area contributed by atoms with Crippen LogP contribution in [-0.2, 0) is 46.4 Å². The molecule has 0 bridgehead atoms.